The SMILES string of the molecule is C[C@H]1CCCN(Cc2cc(C(=O)Nc3cccc(C4(c5nncn5C)CCC4)c3)c(=O)n(CC3CC3)c2)C1. The third-order valence-electron chi connectivity index (χ3n) is 8.71. The van der Waals surface area contributed by atoms with Crippen LogP contribution < -0.4 is 10.9 Å². The fourth-order valence-electron chi connectivity index (χ4n) is 6.33. The van der Waals surface area contributed by atoms with Crippen LogP contribution in [0.2, 0.25) is 0 Å². The first-order valence-corrected chi connectivity index (χ1v) is 14.1. The number of pyridine rings is 1. The number of carbonyl (C=O) groups excluding carboxylic acids is 1. The van der Waals surface area contributed by atoms with Crippen molar-refractivity contribution in [2.24, 2.45) is 18.9 Å². The van der Waals surface area contributed by atoms with E-state index >= 15 is 0 Å². The minimum Gasteiger partial charge on any atom is -0.322 e. The Bertz CT molecular complexity index is 1380. The maximum atomic E-state index is 13.5. The molecule has 3 aromatic rings. The predicted octanol–water partition coefficient (Wildman–Crippen LogP) is 4.34. The van der Waals surface area contributed by atoms with Gasteiger partial charge in [-0.05, 0) is 86.2 Å². The first kappa shape index (κ1) is 25.0. The molecule has 8 nitrogen and oxygen atoms in total. The minimum atomic E-state index is -0.341. The van der Waals surface area contributed by atoms with Crippen molar-refractivity contribution >= 4 is 11.6 Å². The van der Waals surface area contributed by atoms with Crippen molar-refractivity contribution in [1.82, 2.24) is 24.2 Å². The molecule has 0 radical (unpaired) electrons. The molecule has 1 aliphatic heterocycles. The van der Waals surface area contributed by atoms with Gasteiger partial charge in [-0.25, -0.2) is 0 Å². The van der Waals surface area contributed by atoms with Crippen LogP contribution in [0.15, 0.2) is 47.7 Å². The highest BCUT2D eigenvalue weighted by Crippen LogP contribution is 2.48. The fourth-order valence-corrected chi connectivity index (χ4v) is 6.33. The van der Waals surface area contributed by atoms with Gasteiger partial charge in [-0.1, -0.05) is 25.5 Å². The van der Waals surface area contributed by atoms with Crippen LogP contribution in [-0.2, 0) is 25.6 Å². The van der Waals surface area contributed by atoms with E-state index in [1.807, 2.05) is 42.1 Å². The van der Waals surface area contributed by atoms with E-state index in [0.717, 1.165) is 68.7 Å². The number of hydrogen-bond donors (Lipinski definition) is 1. The Hall–Kier alpha value is -3.26. The highest BCUT2D eigenvalue weighted by Gasteiger charge is 2.44. The van der Waals surface area contributed by atoms with Crippen LogP contribution in [0.25, 0.3) is 0 Å². The van der Waals surface area contributed by atoms with Crippen molar-refractivity contribution < 1.29 is 4.79 Å². The lowest BCUT2D eigenvalue weighted by molar-refractivity contribution is 0.102. The zero-order valence-electron chi connectivity index (χ0n) is 22.5. The number of nitrogens with zero attached hydrogens (tertiary/aromatic N) is 5. The molecule has 8 heteroatoms. The lowest BCUT2D eigenvalue weighted by Gasteiger charge is -2.41. The van der Waals surface area contributed by atoms with Crippen LogP contribution in [0.5, 0.6) is 0 Å². The summed E-state index contributed by atoms with van der Waals surface area (Å²) in [6.07, 6.45) is 11.6. The van der Waals surface area contributed by atoms with Gasteiger partial charge in [0.15, 0.2) is 0 Å². The summed E-state index contributed by atoms with van der Waals surface area (Å²) in [6.45, 7) is 5.88. The first-order valence-electron chi connectivity index (χ1n) is 14.1. The third kappa shape index (κ3) is 4.94. The fraction of sp³-hybridized carbons (Fsp3) is 0.533. The van der Waals surface area contributed by atoms with E-state index in [2.05, 4.69) is 33.4 Å². The minimum absolute atomic E-state index is 0.186. The molecule has 1 amide bonds. The second kappa shape index (κ2) is 10.1. The monoisotopic (exact) mass is 514 g/mol. The quantitative estimate of drug-likeness (QED) is 0.483. The molecule has 1 saturated heterocycles. The van der Waals surface area contributed by atoms with Crippen molar-refractivity contribution in [3.8, 4) is 0 Å². The van der Waals surface area contributed by atoms with Crippen LogP contribution in [-0.4, -0.2) is 43.2 Å². The Morgan fingerprint density at radius 2 is 2.00 bits per heavy atom. The van der Waals surface area contributed by atoms with Gasteiger partial charge in [-0.3, -0.25) is 14.5 Å². The van der Waals surface area contributed by atoms with E-state index in [4.69, 9.17) is 0 Å². The van der Waals surface area contributed by atoms with Crippen LogP contribution in [0.3, 0.4) is 0 Å². The van der Waals surface area contributed by atoms with E-state index in [1.54, 1.807) is 10.9 Å². The summed E-state index contributed by atoms with van der Waals surface area (Å²) >= 11 is 0. The molecule has 0 bridgehead atoms. The number of aromatic nitrogens is 4. The molecule has 2 aliphatic carbocycles. The second-order valence-electron chi connectivity index (χ2n) is 11.9. The zero-order chi connectivity index (χ0) is 26.3. The maximum absolute atomic E-state index is 13.5. The van der Waals surface area contributed by atoms with Gasteiger partial charge < -0.3 is 14.5 Å². The zero-order valence-corrected chi connectivity index (χ0v) is 22.5. The van der Waals surface area contributed by atoms with E-state index < -0.39 is 0 Å². The number of rotatable bonds is 8. The molecule has 1 aromatic carbocycles. The van der Waals surface area contributed by atoms with Crippen LogP contribution in [0.1, 0.15) is 79.2 Å². The van der Waals surface area contributed by atoms with Crippen LogP contribution in [0.4, 0.5) is 5.69 Å². The summed E-state index contributed by atoms with van der Waals surface area (Å²) in [5.74, 6) is 1.84. The maximum Gasteiger partial charge on any atom is 0.263 e. The van der Waals surface area contributed by atoms with Crippen LogP contribution >= 0.6 is 0 Å². The summed E-state index contributed by atoms with van der Waals surface area (Å²) in [5, 5.41) is 11.6. The lowest BCUT2D eigenvalue weighted by Crippen LogP contribution is -2.38. The molecular formula is C30H38N6O2. The highest BCUT2D eigenvalue weighted by molar-refractivity contribution is 6.04. The Labute approximate surface area is 224 Å². The molecule has 0 unspecified atom stereocenters. The van der Waals surface area contributed by atoms with Gasteiger partial charge in [-0.2, -0.15) is 0 Å². The summed E-state index contributed by atoms with van der Waals surface area (Å²) in [4.78, 5) is 29.4. The predicted molar refractivity (Wildman–Crippen MR) is 147 cm³/mol. The number of nitrogens with one attached hydrogen (secondary N) is 1. The van der Waals surface area contributed by atoms with Gasteiger partial charge >= 0.3 is 0 Å². The van der Waals surface area contributed by atoms with Crippen LogP contribution in [0, 0.1) is 11.8 Å². The van der Waals surface area contributed by atoms with E-state index in [-0.39, 0.29) is 22.4 Å². The molecule has 3 heterocycles. The summed E-state index contributed by atoms with van der Waals surface area (Å²) < 4.78 is 3.77. The van der Waals surface area contributed by atoms with Crippen molar-refractivity contribution in [3.63, 3.8) is 0 Å². The second-order valence-corrected chi connectivity index (χ2v) is 11.9. The summed E-state index contributed by atoms with van der Waals surface area (Å²) in [6, 6.07) is 9.82. The Balaban J connectivity index is 1.27. The number of amides is 1. The lowest BCUT2D eigenvalue weighted by atomic mass is 9.63. The number of likely N-dealkylation sites (tertiary alicyclic amines) is 1. The molecule has 200 valence electrons. The molecule has 2 aromatic heterocycles. The largest absolute Gasteiger partial charge is 0.322 e. The van der Waals surface area contributed by atoms with Gasteiger partial charge in [0, 0.05) is 38.6 Å². The molecule has 2 saturated carbocycles. The number of piperidine rings is 1. The van der Waals surface area contributed by atoms with Gasteiger partial charge in [-0.15, -0.1) is 10.2 Å². The van der Waals surface area contributed by atoms with Gasteiger partial charge in [0.05, 0.1) is 5.41 Å². The van der Waals surface area contributed by atoms with Crippen molar-refractivity contribution in [1.29, 1.82) is 0 Å². The average Bonchev–Trinajstić information content (AvgIpc) is 3.59. The average molecular weight is 515 g/mol. The van der Waals surface area contributed by atoms with Gasteiger partial charge in [0.25, 0.3) is 11.5 Å². The molecule has 6 rings (SSSR count). The topological polar surface area (TPSA) is 85.1 Å². The first-order chi connectivity index (χ1) is 18.4. The molecular weight excluding hydrogens is 476 g/mol. The molecule has 0 spiro atoms. The number of hydrogen-bond acceptors (Lipinski definition) is 5. The standard InChI is InChI=1S/C30H38N6O2/c1-21-6-4-13-35(16-21)17-23-14-26(28(38)36(19-23)18-22-9-10-22)27(37)32-25-8-3-7-24(15-25)30(11-5-12-30)29-33-31-20-34(29)2/h3,7-8,14-15,19-22H,4-6,9-13,16-18H2,1-2H3,(H,32,37)/t21-/m0/s1. The Morgan fingerprint density at radius 1 is 1.16 bits per heavy atom. The molecule has 38 heavy (non-hydrogen) atoms. The van der Waals surface area contributed by atoms with Crippen molar-refractivity contribution in [2.45, 2.75) is 70.4 Å². The van der Waals surface area contributed by atoms with Crippen molar-refractivity contribution in [2.75, 3.05) is 18.4 Å². The molecule has 1 N–H and O–H groups in total. The number of anilines is 1. The third-order valence-corrected chi connectivity index (χ3v) is 8.71. The normalized spacial score (nSPS) is 21.2. The van der Waals surface area contributed by atoms with E-state index in [1.165, 1.54) is 12.8 Å². The van der Waals surface area contributed by atoms with Gasteiger partial charge in [0.2, 0.25) is 0 Å². The number of carbonyl (C=O) groups is 1. The highest BCUT2D eigenvalue weighted by atomic mass is 16.2. The molecule has 3 aliphatic rings. The molecule has 3 fully saturated rings. The summed E-state index contributed by atoms with van der Waals surface area (Å²) in [7, 11) is 1.98. The van der Waals surface area contributed by atoms with E-state index in [0.29, 0.717) is 24.1 Å². The molecule has 1 atom stereocenters. The Morgan fingerprint density at radius 3 is 2.68 bits per heavy atom. The Kier molecular flexibility index (Phi) is 6.68. The number of benzene rings is 1. The van der Waals surface area contributed by atoms with Crippen molar-refractivity contribution in [3.05, 3.63) is 75.7 Å². The van der Waals surface area contributed by atoms with Gasteiger partial charge in [0.1, 0.15) is 17.7 Å². The van der Waals surface area contributed by atoms with E-state index in [9.17, 15) is 9.59 Å². The summed E-state index contributed by atoms with van der Waals surface area (Å²) in [5.41, 5.74) is 2.70. The smallest absolute Gasteiger partial charge is 0.263 e. The number of aryl methyl sites for hydroxylation is 1.